The van der Waals surface area contributed by atoms with Crippen molar-refractivity contribution in [2.75, 3.05) is 24.7 Å². The smallest absolute Gasteiger partial charge is 0.247 e. The Balaban J connectivity index is 1.42. The minimum absolute atomic E-state index is 0.0767. The Morgan fingerprint density at radius 1 is 1.04 bits per heavy atom. The van der Waals surface area contributed by atoms with E-state index in [1.807, 2.05) is 35.2 Å². The van der Waals surface area contributed by atoms with Crippen molar-refractivity contribution in [2.24, 2.45) is 0 Å². The van der Waals surface area contributed by atoms with Crippen LogP contribution in [0, 0.1) is 0 Å². The van der Waals surface area contributed by atoms with Crippen molar-refractivity contribution >= 4 is 41.0 Å². The van der Waals surface area contributed by atoms with E-state index in [9.17, 15) is 9.59 Å². The van der Waals surface area contributed by atoms with E-state index in [1.165, 1.54) is 10.4 Å². The summed E-state index contributed by atoms with van der Waals surface area (Å²) in [5.41, 5.74) is 1.18. The van der Waals surface area contributed by atoms with Gasteiger partial charge >= 0.3 is 0 Å². The molecule has 1 atom stereocenters. The molecule has 2 saturated heterocycles. The molecule has 2 fully saturated rings. The fourth-order valence-electron chi connectivity index (χ4n) is 3.46. The molecule has 2 aliphatic rings. The molecule has 0 aliphatic carbocycles. The molecule has 4 rings (SSSR count). The van der Waals surface area contributed by atoms with Gasteiger partial charge in [0.05, 0.1) is 5.88 Å². The van der Waals surface area contributed by atoms with Gasteiger partial charge in [0.25, 0.3) is 0 Å². The summed E-state index contributed by atoms with van der Waals surface area (Å²) in [5.74, 6) is 1.33. The largest absolute Gasteiger partial charge is 0.341 e. The number of likely N-dealkylation sites (tertiary alicyclic amines) is 1. The Morgan fingerprint density at radius 2 is 1.81 bits per heavy atom. The van der Waals surface area contributed by atoms with E-state index >= 15 is 0 Å². The van der Waals surface area contributed by atoms with Crippen LogP contribution in [0.25, 0.3) is 16.5 Å². The molecule has 2 aliphatic heterocycles. The summed E-state index contributed by atoms with van der Waals surface area (Å²) in [6.45, 7) is 1.66. The lowest BCUT2D eigenvalue weighted by atomic mass is 10.2. The summed E-state index contributed by atoms with van der Waals surface area (Å²) in [5, 5.41) is 0. The van der Waals surface area contributed by atoms with Gasteiger partial charge in [0.15, 0.2) is 0 Å². The Labute approximate surface area is 167 Å². The number of rotatable bonds is 4. The van der Waals surface area contributed by atoms with Crippen LogP contribution < -0.4 is 0 Å². The van der Waals surface area contributed by atoms with E-state index in [0.29, 0.717) is 11.6 Å². The number of thiophene rings is 1. The van der Waals surface area contributed by atoms with Gasteiger partial charge in [-0.1, -0.05) is 30.3 Å². The molecule has 1 unspecified atom stereocenters. The fourth-order valence-corrected chi connectivity index (χ4v) is 5.53. The summed E-state index contributed by atoms with van der Waals surface area (Å²) in [6, 6.07) is 14.0. The van der Waals surface area contributed by atoms with Gasteiger partial charge in [-0.3, -0.25) is 9.59 Å². The van der Waals surface area contributed by atoms with Crippen LogP contribution in [0.4, 0.5) is 0 Å². The van der Waals surface area contributed by atoms with E-state index in [1.54, 1.807) is 34.1 Å². The third-order valence-electron chi connectivity index (χ3n) is 4.94. The summed E-state index contributed by atoms with van der Waals surface area (Å²) in [6.07, 6.45) is 5.61. The maximum atomic E-state index is 12.7. The topological polar surface area (TPSA) is 40.6 Å². The number of nitrogens with zero attached hydrogens (tertiary/aromatic N) is 2. The third kappa shape index (κ3) is 4.12. The van der Waals surface area contributed by atoms with Gasteiger partial charge in [-0.25, -0.2) is 0 Å². The highest BCUT2D eigenvalue weighted by Gasteiger charge is 2.36. The van der Waals surface area contributed by atoms with Gasteiger partial charge in [0.1, 0.15) is 6.04 Å². The average molecular weight is 399 g/mol. The van der Waals surface area contributed by atoms with Gasteiger partial charge in [-0.2, -0.15) is 0 Å². The molecule has 2 aromatic rings. The molecular weight excluding hydrogens is 376 g/mol. The van der Waals surface area contributed by atoms with Crippen LogP contribution in [0.2, 0.25) is 0 Å². The number of carbonyl (C=O) groups excluding carboxylic acids is 2. The summed E-state index contributed by atoms with van der Waals surface area (Å²) < 4.78 is 0. The number of thioether (sulfide) groups is 1. The van der Waals surface area contributed by atoms with Crippen molar-refractivity contribution in [1.82, 2.24) is 9.80 Å². The average Bonchev–Trinajstić information content (AvgIpc) is 3.47. The Bertz CT molecular complexity index is 841. The van der Waals surface area contributed by atoms with Crippen molar-refractivity contribution in [1.29, 1.82) is 0 Å². The minimum atomic E-state index is -0.312. The van der Waals surface area contributed by atoms with Crippen LogP contribution in [0.15, 0.2) is 48.5 Å². The van der Waals surface area contributed by atoms with Crippen LogP contribution in [0.1, 0.15) is 17.7 Å². The zero-order chi connectivity index (χ0) is 18.6. The predicted molar refractivity (Wildman–Crippen MR) is 113 cm³/mol. The van der Waals surface area contributed by atoms with Crippen LogP contribution in [0.3, 0.4) is 0 Å². The van der Waals surface area contributed by atoms with E-state index in [2.05, 4.69) is 18.2 Å². The third-order valence-corrected chi connectivity index (χ3v) is 7.06. The molecule has 6 heteroatoms. The lowest BCUT2D eigenvalue weighted by Crippen LogP contribution is -2.47. The summed E-state index contributed by atoms with van der Waals surface area (Å²) >= 11 is 3.32. The number of amides is 2. The molecule has 140 valence electrons. The van der Waals surface area contributed by atoms with Gasteiger partial charge < -0.3 is 9.80 Å². The molecular formula is C21H22N2O2S2. The number of hydrogen-bond acceptors (Lipinski definition) is 4. The van der Waals surface area contributed by atoms with Gasteiger partial charge in [-0.15, -0.1) is 23.1 Å². The summed E-state index contributed by atoms with van der Waals surface area (Å²) in [7, 11) is 0. The highest BCUT2D eigenvalue weighted by molar-refractivity contribution is 7.99. The zero-order valence-electron chi connectivity index (χ0n) is 15.0. The van der Waals surface area contributed by atoms with Crippen molar-refractivity contribution in [2.45, 2.75) is 18.9 Å². The standard InChI is InChI=1S/C21H22N2O2S2/c24-20(23-15-26-14-18(23)21(25)22-12-4-5-13-22)11-9-17-8-10-19(27-17)16-6-2-1-3-7-16/h1-3,6-11,18H,4-5,12-15H2/b11-9+. The van der Waals surface area contributed by atoms with E-state index in [0.717, 1.165) is 30.8 Å². The van der Waals surface area contributed by atoms with Crippen LogP contribution in [-0.2, 0) is 9.59 Å². The lowest BCUT2D eigenvalue weighted by Gasteiger charge is -2.26. The zero-order valence-corrected chi connectivity index (χ0v) is 16.7. The second kappa shape index (κ2) is 8.31. The molecule has 1 aromatic carbocycles. The van der Waals surface area contributed by atoms with E-state index in [-0.39, 0.29) is 17.9 Å². The first-order chi connectivity index (χ1) is 13.2. The second-order valence-electron chi connectivity index (χ2n) is 6.76. The molecule has 3 heterocycles. The molecule has 0 saturated carbocycles. The minimum Gasteiger partial charge on any atom is -0.341 e. The monoisotopic (exact) mass is 398 g/mol. The SMILES string of the molecule is O=C(C1CSCN1C(=O)/C=C/c1ccc(-c2ccccc2)s1)N1CCCC1. The summed E-state index contributed by atoms with van der Waals surface area (Å²) in [4.78, 5) is 31.2. The molecule has 0 radical (unpaired) electrons. The van der Waals surface area contributed by atoms with Crippen LogP contribution >= 0.6 is 23.1 Å². The van der Waals surface area contributed by atoms with Gasteiger partial charge in [-0.05, 0) is 36.6 Å². The molecule has 0 spiro atoms. The first kappa shape index (κ1) is 18.3. The van der Waals surface area contributed by atoms with E-state index in [4.69, 9.17) is 0 Å². The highest BCUT2D eigenvalue weighted by atomic mass is 32.2. The molecule has 4 nitrogen and oxygen atoms in total. The van der Waals surface area contributed by atoms with Gasteiger partial charge in [0.2, 0.25) is 11.8 Å². The number of carbonyl (C=O) groups is 2. The normalized spacial score (nSPS) is 19.9. The number of benzene rings is 1. The van der Waals surface area contributed by atoms with E-state index < -0.39 is 0 Å². The predicted octanol–water partition coefficient (Wildman–Crippen LogP) is 3.95. The molecule has 0 N–H and O–H groups in total. The quantitative estimate of drug-likeness (QED) is 0.732. The van der Waals surface area contributed by atoms with Crippen molar-refractivity contribution in [3.05, 3.63) is 53.4 Å². The molecule has 27 heavy (non-hydrogen) atoms. The lowest BCUT2D eigenvalue weighted by molar-refractivity contribution is -0.140. The Morgan fingerprint density at radius 3 is 2.59 bits per heavy atom. The Hall–Kier alpha value is -2.05. The van der Waals surface area contributed by atoms with Crippen molar-refractivity contribution in [3.63, 3.8) is 0 Å². The maximum absolute atomic E-state index is 12.7. The van der Waals surface area contributed by atoms with Crippen molar-refractivity contribution < 1.29 is 9.59 Å². The first-order valence-corrected chi connectivity index (χ1v) is 11.2. The van der Waals surface area contributed by atoms with Crippen LogP contribution in [0.5, 0.6) is 0 Å². The molecule has 2 amide bonds. The highest BCUT2D eigenvalue weighted by Crippen LogP contribution is 2.29. The molecule has 1 aromatic heterocycles. The van der Waals surface area contributed by atoms with Crippen molar-refractivity contribution in [3.8, 4) is 10.4 Å². The fraction of sp³-hybridized carbons (Fsp3) is 0.333. The maximum Gasteiger partial charge on any atom is 0.247 e. The Kier molecular flexibility index (Phi) is 5.64. The molecule has 0 bridgehead atoms. The first-order valence-electron chi connectivity index (χ1n) is 9.23. The van der Waals surface area contributed by atoms with Gasteiger partial charge in [0, 0.05) is 34.7 Å². The second-order valence-corrected chi connectivity index (χ2v) is 8.87. The van der Waals surface area contributed by atoms with Crippen LogP contribution in [-0.4, -0.2) is 52.4 Å². The number of hydrogen-bond donors (Lipinski definition) is 0.